The maximum absolute atomic E-state index is 12.0. The molecule has 0 saturated heterocycles. The second-order valence-corrected chi connectivity index (χ2v) is 6.16. The van der Waals surface area contributed by atoms with Crippen LogP contribution in [0.4, 0.5) is 5.69 Å². The fourth-order valence-electron chi connectivity index (χ4n) is 2.39. The SMILES string of the molecule is Cc1cc(OCC(=O)Nc2ccc(-c3ccc(CO)o3)cc2)ccc1Cl. The van der Waals surface area contributed by atoms with E-state index in [1.165, 1.54) is 0 Å². The number of furan rings is 1. The van der Waals surface area contributed by atoms with Crippen LogP contribution in [0.5, 0.6) is 5.75 Å². The van der Waals surface area contributed by atoms with Gasteiger partial charge in [-0.25, -0.2) is 0 Å². The van der Waals surface area contributed by atoms with Crippen molar-refractivity contribution in [1.29, 1.82) is 0 Å². The van der Waals surface area contributed by atoms with E-state index in [1.54, 1.807) is 42.5 Å². The summed E-state index contributed by atoms with van der Waals surface area (Å²) in [5.74, 6) is 1.50. The van der Waals surface area contributed by atoms with Gasteiger partial charge >= 0.3 is 0 Å². The molecule has 1 heterocycles. The number of aryl methyl sites for hydroxylation is 1. The lowest BCUT2D eigenvalue weighted by atomic mass is 10.1. The highest BCUT2D eigenvalue weighted by Crippen LogP contribution is 2.24. The number of rotatable bonds is 6. The van der Waals surface area contributed by atoms with Gasteiger partial charge in [-0.3, -0.25) is 4.79 Å². The number of benzene rings is 2. The van der Waals surface area contributed by atoms with Crippen molar-refractivity contribution in [2.45, 2.75) is 13.5 Å². The topological polar surface area (TPSA) is 71.7 Å². The predicted molar refractivity (Wildman–Crippen MR) is 100 cm³/mol. The van der Waals surface area contributed by atoms with Crippen molar-refractivity contribution < 1.29 is 19.1 Å². The number of ether oxygens (including phenoxy) is 1. The molecule has 0 spiro atoms. The van der Waals surface area contributed by atoms with Gasteiger partial charge < -0.3 is 19.6 Å². The minimum absolute atomic E-state index is 0.0964. The quantitative estimate of drug-likeness (QED) is 0.672. The third-order valence-corrected chi connectivity index (χ3v) is 4.19. The number of halogens is 1. The Labute approximate surface area is 156 Å². The Bertz CT molecular complexity index is 902. The van der Waals surface area contributed by atoms with Crippen molar-refractivity contribution >= 4 is 23.2 Å². The van der Waals surface area contributed by atoms with Gasteiger partial charge in [-0.15, -0.1) is 0 Å². The number of nitrogens with one attached hydrogen (secondary N) is 1. The summed E-state index contributed by atoms with van der Waals surface area (Å²) < 4.78 is 11.0. The molecule has 0 fully saturated rings. The molecule has 0 aliphatic rings. The average molecular weight is 372 g/mol. The van der Waals surface area contributed by atoms with Crippen LogP contribution in [0.1, 0.15) is 11.3 Å². The maximum atomic E-state index is 12.0. The molecular formula is C20H18ClNO4. The zero-order valence-electron chi connectivity index (χ0n) is 14.2. The zero-order chi connectivity index (χ0) is 18.5. The van der Waals surface area contributed by atoms with Crippen molar-refractivity contribution in [3.63, 3.8) is 0 Å². The number of aliphatic hydroxyl groups excluding tert-OH is 1. The van der Waals surface area contributed by atoms with Gasteiger partial charge in [0.2, 0.25) is 0 Å². The van der Waals surface area contributed by atoms with Crippen molar-refractivity contribution in [2.24, 2.45) is 0 Å². The highest BCUT2D eigenvalue weighted by atomic mass is 35.5. The molecule has 1 amide bonds. The number of hydrogen-bond donors (Lipinski definition) is 2. The average Bonchev–Trinajstić information content (AvgIpc) is 3.12. The molecule has 0 radical (unpaired) electrons. The van der Waals surface area contributed by atoms with E-state index in [0.29, 0.717) is 28.0 Å². The lowest BCUT2D eigenvalue weighted by Gasteiger charge is -2.09. The van der Waals surface area contributed by atoms with Crippen LogP contribution in [-0.2, 0) is 11.4 Å². The molecule has 2 aromatic carbocycles. The molecule has 0 atom stereocenters. The van der Waals surface area contributed by atoms with Gasteiger partial charge in [0.1, 0.15) is 23.9 Å². The lowest BCUT2D eigenvalue weighted by molar-refractivity contribution is -0.118. The first-order valence-corrected chi connectivity index (χ1v) is 8.42. The number of anilines is 1. The molecule has 2 N–H and O–H groups in total. The van der Waals surface area contributed by atoms with E-state index < -0.39 is 0 Å². The molecule has 0 bridgehead atoms. The number of hydrogen-bond acceptors (Lipinski definition) is 4. The van der Waals surface area contributed by atoms with Gasteiger partial charge in [0.05, 0.1) is 0 Å². The van der Waals surface area contributed by atoms with Crippen LogP contribution in [-0.4, -0.2) is 17.6 Å². The zero-order valence-corrected chi connectivity index (χ0v) is 14.9. The molecule has 0 aliphatic carbocycles. The van der Waals surface area contributed by atoms with Crippen LogP contribution in [0.3, 0.4) is 0 Å². The first-order chi connectivity index (χ1) is 12.5. The van der Waals surface area contributed by atoms with Crippen LogP contribution >= 0.6 is 11.6 Å². The van der Waals surface area contributed by atoms with Crippen molar-refractivity contribution in [3.05, 3.63) is 70.9 Å². The summed E-state index contributed by atoms with van der Waals surface area (Å²) in [4.78, 5) is 12.0. The Kier molecular flexibility index (Phi) is 5.61. The Morgan fingerprint density at radius 2 is 1.92 bits per heavy atom. The second-order valence-electron chi connectivity index (χ2n) is 5.75. The fourth-order valence-corrected chi connectivity index (χ4v) is 2.51. The fraction of sp³-hybridized carbons (Fsp3) is 0.150. The van der Waals surface area contributed by atoms with Crippen LogP contribution in [0.15, 0.2) is 59.0 Å². The van der Waals surface area contributed by atoms with Crippen molar-refractivity contribution in [1.82, 2.24) is 0 Å². The number of carbonyl (C=O) groups excluding carboxylic acids is 1. The molecule has 0 aliphatic heterocycles. The van der Waals surface area contributed by atoms with Gasteiger partial charge in [-0.05, 0) is 67.1 Å². The summed E-state index contributed by atoms with van der Waals surface area (Å²) in [5, 5.41) is 12.5. The van der Waals surface area contributed by atoms with E-state index in [0.717, 1.165) is 11.1 Å². The Morgan fingerprint density at radius 3 is 2.58 bits per heavy atom. The summed E-state index contributed by atoms with van der Waals surface area (Å²) in [6.07, 6.45) is 0. The van der Waals surface area contributed by atoms with Crippen molar-refractivity contribution in [3.8, 4) is 17.1 Å². The molecule has 3 rings (SSSR count). The van der Waals surface area contributed by atoms with E-state index >= 15 is 0 Å². The largest absolute Gasteiger partial charge is 0.484 e. The van der Waals surface area contributed by atoms with Gasteiger partial charge in [0.15, 0.2) is 6.61 Å². The summed E-state index contributed by atoms with van der Waals surface area (Å²) in [6, 6.07) is 16.0. The number of amides is 1. The Hall–Kier alpha value is -2.76. The molecule has 26 heavy (non-hydrogen) atoms. The van der Waals surface area contributed by atoms with E-state index in [4.69, 9.17) is 25.9 Å². The Balaban J connectivity index is 1.56. The summed E-state index contributed by atoms with van der Waals surface area (Å²) in [5.41, 5.74) is 2.40. The highest BCUT2D eigenvalue weighted by molar-refractivity contribution is 6.31. The molecule has 3 aromatic rings. The van der Waals surface area contributed by atoms with E-state index in [-0.39, 0.29) is 19.1 Å². The maximum Gasteiger partial charge on any atom is 0.262 e. The van der Waals surface area contributed by atoms with E-state index in [9.17, 15) is 4.79 Å². The number of carbonyl (C=O) groups is 1. The molecule has 5 nitrogen and oxygen atoms in total. The minimum Gasteiger partial charge on any atom is -0.484 e. The molecule has 1 aromatic heterocycles. The molecule has 0 unspecified atom stereocenters. The first kappa shape index (κ1) is 18.0. The summed E-state index contributed by atoms with van der Waals surface area (Å²) in [6.45, 7) is 1.64. The third kappa shape index (κ3) is 4.45. The standard InChI is InChI=1S/C20H18ClNO4/c1-13-10-16(6-8-18(13)21)25-12-20(24)22-15-4-2-14(3-5-15)19-9-7-17(11-23)26-19/h2-10,23H,11-12H2,1H3,(H,22,24). The predicted octanol–water partition coefficient (Wildman–Crippen LogP) is 4.42. The normalized spacial score (nSPS) is 10.6. The van der Waals surface area contributed by atoms with Gasteiger partial charge in [-0.2, -0.15) is 0 Å². The molecular weight excluding hydrogens is 354 g/mol. The van der Waals surface area contributed by atoms with Crippen LogP contribution < -0.4 is 10.1 Å². The van der Waals surface area contributed by atoms with E-state index in [1.807, 2.05) is 19.1 Å². The monoisotopic (exact) mass is 371 g/mol. The third-order valence-electron chi connectivity index (χ3n) is 3.77. The van der Waals surface area contributed by atoms with Crippen molar-refractivity contribution in [2.75, 3.05) is 11.9 Å². The smallest absolute Gasteiger partial charge is 0.262 e. The highest BCUT2D eigenvalue weighted by Gasteiger charge is 2.07. The molecule has 0 saturated carbocycles. The van der Waals surface area contributed by atoms with Crippen LogP contribution in [0.25, 0.3) is 11.3 Å². The molecule has 6 heteroatoms. The molecule has 134 valence electrons. The number of aliphatic hydroxyl groups is 1. The summed E-state index contributed by atoms with van der Waals surface area (Å²) in [7, 11) is 0. The van der Waals surface area contributed by atoms with Crippen LogP contribution in [0, 0.1) is 6.92 Å². The van der Waals surface area contributed by atoms with Gasteiger partial charge in [-0.1, -0.05) is 11.6 Å². The minimum atomic E-state index is -0.258. The Morgan fingerprint density at radius 1 is 1.15 bits per heavy atom. The van der Waals surface area contributed by atoms with E-state index in [2.05, 4.69) is 5.32 Å². The lowest BCUT2D eigenvalue weighted by Crippen LogP contribution is -2.20. The van der Waals surface area contributed by atoms with Gasteiger partial charge in [0, 0.05) is 16.3 Å². The second kappa shape index (κ2) is 8.08. The summed E-state index contributed by atoms with van der Waals surface area (Å²) >= 11 is 5.96. The first-order valence-electron chi connectivity index (χ1n) is 8.04. The van der Waals surface area contributed by atoms with Crippen LogP contribution in [0.2, 0.25) is 5.02 Å². The van der Waals surface area contributed by atoms with Gasteiger partial charge in [0.25, 0.3) is 5.91 Å².